The molecule has 6 heteroatoms. The average Bonchev–Trinajstić information content (AvgIpc) is 3.12. The van der Waals surface area contributed by atoms with Crippen LogP contribution in [-0.4, -0.2) is 29.9 Å². The number of nitrogens with zero attached hydrogens (tertiary/aromatic N) is 6. The normalized spacial score (nSPS) is 11.2. The molecule has 0 radical (unpaired) electrons. The summed E-state index contributed by atoms with van der Waals surface area (Å²) >= 11 is 0. The molecule has 44 heavy (non-hydrogen) atoms. The number of aromatic nitrogens is 6. The summed E-state index contributed by atoms with van der Waals surface area (Å²) in [5, 5.41) is 2.99. The van der Waals surface area contributed by atoms with E-state index < -0.39 is 0 Å². The van der Waals surface area contributed by atoms with E-state index in [9.17, 15) is 0 Å². The van der Waals surface area contributed by atoms with Crippen molar-refractivity contribution in [1.82, 2.24) is 29.9 Å². The summed E-state index contributed by atoms with van der Waals surface area (Å²) in [7, 11) is 0. The Kier molecular flexibility index (Phi) is 6.35. The van der Waals surface area contributed by atoms with Crippen LogP contribution in [0.1, 0.15) is 0 Å². The van der Waals surface area contributed by atoms with Gasteiger partial charge in [-0.25, -0.2) is 24.9 Å². The maximum atomic E-state index is 5.24. The third-order valence-electron chi connectivity index (χ3n) is 7.68. The minimum atomic E-state index is 0.408. The summed E-state index contributed by atoms with van der Waals surface area (Å²) in [6.07, 6.45) is 5.61. The summed E-state index contributed by atoms with van der Waals surface area (Å²) in [4.78, 5) is 29.2. The number of hydrogen-bond donors (Lipinski definition) is 0. The van der Waals surface area contributed by atoms with Gasteiger partial charge in [0.2, 0.25) is 5.82 Å². The van der Waals surface area contributed by atoms with Gasteiger partial charge in [-0.3, -0.25) is 4.98 Å². The molecule has 0 saturated heterocycles. The number of rotatable bonds is 5. The summed E-state index contributed by atoms with van der Waals surface area (Å²) < 4.78 is 0. The van der Waals surface area contributed by atoms with Crippen molar-refractivity contribution in [2.75, 3.05) is 0 Å². The van der Waals surface area contributed by atoms with Crippen molar-refractivity contribution in [3.8, 4) is 56.7 Å². The summed E-state index contributed by atoms with van der Waals surface area (Å²) in [5.74, 6) is 1.96. The first-order chi connectivity index (χ1) is 21.8. The number of benzene rings is 5. The molecule has 0 unspecified atom stereocenters. The lowest BCUT2D eigenvalue weighted by atomic mass is 9.88. The Labute approximate surface area is 253 Å². The quantitative estimate of drug-likeness (QED) is 0.195. The molecule has 0 aliphatic heterocycles. The van der Waals surface area contributed by atoms with E-state index in [1.54, 1.807) is 0 Å². The van der Waals surface area contributed by atoms with Crippen molar-refractivity contribution in [3.05, 3.63) is 146 Å². The Hall–Kier alpha value is -6.14. The molecule has 0 aliphatic rings. The lowest BCUT2D eigenvalue weighted by Gasteiger charge is -2.18. The first-order valence-corrected chi connectivity index (χ1v) is 14.4. The second kappa shape index (κ2) is 10.9. The van der Waals surface area contributed by atoms with Crippen molar-refractivity contribution >= 4 is 21.7 Å². The van der Waals surface area contributed by atoms with Crippen molar-refractivity contribution in [2.45, 2.75) is 0 Å². The van der Waals surface area contributed by atoms with Gasteiger partial charge in [-0.05, 0) is 28.1 Å². The van der Waals surface area contributed by atoms with Gasteiger partial charge in [0.1, 0.15) is 0 Å². The van der Waals surface area contributed by atoms with Crippen LogP contribution in [0.2, 0.25) is 0 Å². The molecule has 0 atom stereocenters. The van der Waals surface area contributed by atoms with Crippen molar-refractivity contribution in [1.29, 1.82) is 0 Å². The van der Waals surface area contributed by atoms with Gasteiger partial charge in [-0.15, -0.1) is 0 Å². The average molecular weight is 565 g/mol. The molecule has 5 aromatic carbocycles. The molecule has 8 rings (SSSR count). The largest absolute Gasteiger partial charge is 0.264 e. The summed E-state index contributed by atoms with van der Waals surface area (Å²) in [5.41, 5.74) is 6.87. The predicted octanol–water partition coefficient (Wildman–Crippen LogP) is 8.70. The van der Waals surface area contributed by atoms with Crippen LogP contribution in [0.25, 0.3) is 78.4 Å². The molecule has 0 N–H and O–H groups in total. The monoisotopic (exact) mass is 564 g/mol. The fraction of sp³-hybridized carbons (Fsp3) is 0. The Balaban J connectivity index is 1.45. The zero-order valence-corrected chi connectivity index (χ0v) is 23.5. The molecule has 0 aliphatic carbocycles. The number of pyridine rings is 1. The minimum Gasteiger partial charge on any atom is -0.264 e. The molecule has 0 amide bonds. The van der Waals surface area contributed by atoms with Crippen LogP contribution >= 0.6 is 0 Å². The van der Waals surface area contributed by atoms with E-state index >= 15 is 0 Å². The lowest BCUT2D eigenvalue weighted by Crippen LogP contribution is -2.03. The van der Waals surface area contributed by atoms with Gasteiger partial charge >= 0.3 is 0 Å². The lowest BCUT2D eigenvalue weighted by molar-refractivity contribution is 1.04. The summed E-state index contributed by atoms with van der Waals surface area (Å²) in [6.45, 7) is 0. The third-order valence-corrected chi connectivity index (χ3v) is 7.68. The third kappa shape index (κ3) is 4.55. The minimum absolute atomic E-state index is 0.408. The maximum absolute atomic E-state index is 5.24. The van der Waals surface area contributed by atoms with Gasteiger partial charge in [0.05, 0.1) is 5.52 Å². The van der Waals surface area contributed by atoms with Crippen LogP contribution in [-0.2, 0) is 0 Å². The van der Waals surface area contributed by atoms with Gasteiger partial charge in [-0.2, -0.15) is 0 Å². The molecule has 3 heterocycles. The molecular weight excluding hydrogens is 540 g/mol. The molecule has 0 spiro atoms. The maximum Gasteiger partial charge on any atom is 0.201 e. The first kappa shape index (κ1) is 25.6. The topological polar surface area (TPSA) is 77.3 Å². The van der Waals surface area contributed by atoms with Crippen molar-refractivity contribution in [2.24, 2.45) is 0 Å². The molecule has 0 fully saturated rings. The standard InChI is InChI=1S/C38H24N6/c1-5-13-25(14-6-1)32-29-21-22-39-23-30(29)31-24-40-37(41-34(31)33(32)26-15-7-2-8-16-26)38-43-35(27-17-9-3-10-18-27)42-36(44-38)28-19-11-4-12-20-28/h1-24H. The fourth-order valence-corrected chi connectivity index (χ4v) is 5.66. The Bertz CT molecular complexity index is 2200. The first-order valence-electron chi connectivity index (χ1n) is 14.4. The van der Waals surface area contributed by atoms with Crippen LogP contribution in [0.15, 0.2) is 146 Å². The van der Waals surface area contributed by atoms with Gasteiger partial charge in [-0.1, -0.05) is 121 Å². The predicted molar refractivity (Wildman–Crippen MR) is 175 cm³/mol. The van der Waals surface area contributed by atoms with E-state index in [2.05, 4.69) is 59.6 Å². The smallest absolute Gasteiger partial charge is 0.201 e. The summed E-state index contributed by atoms with van der Waals surface area (Å²) in [6, 6.07) is 42.7. The van der Waals surface area contributed by atoms with Gasteiger partial charge in [0, 0.05) is 46.1 Å². The molecule has 206 valence electrons. The van der Waals surface area contributed by atoms with E-state index in [0.29, 0.717) is 23.3 Å². The van der Waals surface area contributed by atoms with Crippen LogP contribution in [0.5, 0.6) is 0 Å². The van der Waals surface area contributed by atoms with Gasteiger partial charge in [0.25, 0.3) is 0 Å². The number of hydrogen-bond acceptors (Lipinski definition) is 6. The molecule has 6 nitrogen and oxygen atoms in total. The molecule has 0 bridgehead atoms. The molecule has 8 aromatic rings. The number of fused-ring (bicyclic) bond motifs is 3. The van der Waals surface area contributed by atoms with Gasteiger partial charge in [0.15, 0.2) is 17.5 Å². The molecule has 0 saturated carbocycles. The zero-order valence-electron chi connectivity index (χ0n) is 23.5. The van der Waals surface area contributed by atoms with E-state index in [1.807, 2.05) is 91.4 Å². The van der Waals surface area contributed by atoms with Crippen molar-refractivity contribution < 1.29 is 0 Å². The van der Waals surface area contributed by atoms with Crippen LogP contribution in [0.4, 0.5) is 0 Å². The highest BCUT2D eigenvalue weighted by Gasteiger charge is 2.21. The van der Waals surface area contributed by atoms with E-state index in [0.717, 1.165) is 55.1 Å². The van der Waals surface area contributed by atoms with Crippen LogP contribution < -0.4 is 0 Å². The highest BCUT2D eigenvalue weighted by molar-refractivity contribution is 6.20. The van der Waals surface area contributed by atoms with Crippen molar-refractivity contribution in [3.63, 3.8) is 0 Å². The molecular formula is C38H24N6. The van der Waals surface area contributed by atoms with E-state index in [-0.39, 0.29) is 0 Å². The molecule has 3 aromatic heterocycles. The highest BCUT2D eigenvalue weighted by Crippen LogP contribution is 2.43. The zero-order chi connectivity index (χ0) is 29.3. The van der Waals surface area contributed by atoms with E-state index in [4.69, 9.17) is 24.9 Å². The second-order valence-electron chi connectivity index (χ2n) is 10.4. The SMILES string of the molecule is c1ccc(-c2nc(-c3ccccc3)nc(-c3ncc4c(n3)c(-c3ccccc3)c(-c3ccccc3)c3ccncc34)n2)cc1. The second-order valence-corrected chi connectivity index (χ2v) is 10.4. The van der Waals surface area contributed by atoms with Gasteiger partial charge < -0.3 is 0 Å². The van der Waals surface area contributed by atoms with Crippen LogP contribution in [0, 0.1) is 0 Å². The van der Waals surface area contributed by atoms with Crippen LogP contribution in [0.3, 0.4) is 0 Å². The Morgan fingerprint density at radius 2 is 0.841 bits per heavy atom. The van der Waals surface area contributed by atoms with E-state index in [1.165, 1.54) is 0 Å². The Morgan fingerprint density at radius 1 is 0.341 bits per heavy atom. The fourth-order valence-electron chi connectivity index (χ4n) is 5.66. The highest BCUT2D eigenvalue weighted by atomic mass is 15.1. The Morgan fingerprint density at radius 3 is 1.41 bits per heavy atom.